The van der Waals surface area contributed by atoms with Gasteiger partial charge >= 0.3 is 11.8 Å². The first-order chi connectivity index (χ1) is 32.6. The lowest BCUT2D eigenvalue weighted by atomic mass is 10.1. The Morgan fingerprint density at radius 1 is 0.485 bits per heavy atom. The molecule has 2 saturated heterocycles. The Morgan fingerprint density at radius 2 is 0.853 bits per heavy atom. The van der Waals surface area contributed by atoms with Gasteiger partial charge in [-0.3, -0.25) is 0 Å². The van der Waals surface area contributed by atoms with E-state index in [1.165, 1.54) is 67.7 Å². The molecule has 0 bridgehead atoms. The smallest absolute Gasteiger partial charge is 0.331 e. The molecule has 0 radical (unpaired) electrons. The van der Waals surface area contributed by atoms with E-state index in [9.17, 15) is 17.6 Å². The van der Waals surface area contributed by atoms with Crippen LogP contribution < -0.4 is 9.80 Å². The summed E-state index contributed by atoms with van der Waals surface area (Å²) in [6, 6.07) is 29.1. The third-order valence-corrected chi connectivity index (χ3v) is 14.1. The van der Waals surface area contributed by atoms with Crippen LogP contribution in [0.3, 0.4) is 0 Å². The van der Waals surface area contributed by atoms with E-state index in [-0.39, 0.29) is 71.3 Å². The van der Waals surface area contributed by atoms with Crippen molar-refractivity contribution < 1.29 is 35.1 Å². The highest BCUT2D eigenvalue weighted by atomic mass is 33.1. The molecule has 0 spiro atoms. The van der Waals surface area contributed by atoms with Crippen LogP contribution in [0.5, 0.6) is 0 Å². The number of benzene rings is 4. The van der Waals surface area contributed by atoms with Gasteiger partial charge in [0.25, 0.3) is 11.8 Å². The zero-order valence-electron chi connectivity index (χ0n) is 35.7. The Labute approximate surface area is 390 Å². The Morgan fingerprint density at radius 3 is 1.22 bits per heavy atom. The van der Waals surface area contributed by atoms with Crippen molar-refractivity contribution >= 4 is 55.6 Å². The zero-order valence-corrected chi connectivity index (χ0v) is 37.3. The zero-order chi connectivity index (χ0) is 47.3. The lowest BCUT2D eigenvalue weighted by molar-refractivity contribution is 0.0248. The van der Waals surface area contributed by atoms with Gasteiger partial charge in [0.1, 0.15) is 0 Å². The van der Waals surface area contributed by atoms with Crippen LogP contribution in [0.15, 0.2) is 109 Å². The molecular weight excluding hydrogens is 937 g/mol. The summed E-state index contributed by atoms with van der Waals surface area (Å²) in [7, 11) is 3.11. The van der Waals surface area contributed by atoms with Gasteiger partial charge in [0.15, 0.2) is 34.0 Å². The predicted molar refractivity (Wildman–Crippen MR) is 242 cm³/mol. The maximum Gasteiger partial charge on any atom is 0.331 e. The lowest BCUT2D eigenvalue weighted by Gasteiger charge is -2.21. The van der Waals surface area contributed by atoms with E-state index in [1.54, 1.807) is 33.7 Å². The molecule has 12 nitrogen and oxygen atoms in total. The van der Waals surface area contributed by atoms with Gasteiger partial charge in [-0.2, -0.15) is 17.6 Å². The average molecular weight is 975 g/mol. The van der Waals surface area contributed by atoms with Gasteiger partial charge in [0.2, 0.25) is 11.6 Å². The van der Waals surface area contributed by atoms with Crippen LogP contribution in [0.1, 0.15) is 57.9 Å². The fourth-order valence-electron chi connectivity index (χ4n) is 8.24. The first-order valence-corrected chi connectivity index (χ1v) is 23.9. The fraction of sp³-hybridized carbons (Fsp3) is 0.304. The van der Waals surface area contributed by atoms with E-state index in [4.69, 9.17) is 0 Å². The third kappa shape index (κ3) is 9.02. The van der Waals surface area contributed by atoms with Gasteiger partial charge in [0.05, 0.1) is 26.2 Å². The summed E-state index contributed by atoms with van der Waals surface area (Å²) in [5, 5.41) is 16.9. The molecule has 4 aromatic heterocycles. The van der Waals surface area contributed by atoms with Crippen LogP contribution >= 0.6 is 21.6 Å². The molecule has 6 heterocycles. The fourth-order valence-corrected chi connectivity index (χ4v) is 10.5. The normalized spacial score (nSPS) is 16.1. The van der Waals surface area contributed by atoms with Crippen LogP contribution in [0.25, 0.3) is 22.3 Å². The molecule has 0 saturated carbocycles. The summed E-state index contributed by atoms with van der Waals surface area (Å²) in [6.45, 7) is -1.47. The molecule has 350 valence electrons. The summed E-state index contributed by atoms with van der Waals surface area (Å²) in [4.78, 5) is 19.3. The van der Waals surface area contributed by atoms with Gasteiger partial charge in [0, 0.05) is 48.6 Å². The number of anilines is 2. The number of fused-ring (bicyclic) bond motifs is 2. The van der Waals surface area contributed by atoms with Gasteiger partial charge in [-0.15, -0.1) is 10.2 Å². The molecular formula is C46H38F8N12S2. The first-order valence-electron chi connectivity index (χ1n) is 21.4. The number of hydrogen-bond donors (Lipinski definition) is 0. The van der Waals surface area contributed by atoms with E-state index in [0.717, 1.165) is 22.3 Å². The minimum atomic E-state index is -3.66. The maximum atomic E-state index is 16.0. The number of halogens is 8. The standard InChI is InChI=1S/C46H38F8N12S2/c47-43(48)19-21-63(27-43)37-35-39(57-41(55-37)45(51,52)33-15-3-1-4-16-33)65(61-59-35)23-29-11-7-9-13-31(29)25-67-68-26-32-14-10-8-12-30(32)24-66-40-36(60-62-66)38(64-22-20-44(49,50)28-64)56-42(58-40)46(53,54)34-17-5-2-6-18-34/h1-18H,19-28H2. The van der Waals surface area contributed by atoms with Crippen molar-refractivity contribution in [1.29, 1.82) is 0 Å². The minimum Gasteiger partial charge on any atom is -0.348 e. The topological polar surface area (TPSA) is 119 Å². The second kappa shape index (κ2) is 17.9. The Kier molecular flexibility index (Phi) is 11.9. The Balaban J connectivity index is 0.877. The predicted octanol–water partition coefficient (Wildman–Crippen LogP) is 9.91. The second-order valence-electron chi connectivity index (χ2n) is 16.6. The van der Waals surface area contributed by atoms with E-state index in [0.29, 0.717) is 11.5 Å². The van der Waals surface area contributed by atoms with Crippen LogP contribution in [-0.4, -0.2) is 87.9 Å². The van der Waals surface area contributed by atoms with Crippen molar-refractivity contribution in [3.8, 4) is 0 Å². The number of nitrogens with zero attached hydrogens (tertiary/aromatic N) is 12. The van der Waals surface area contributed by atoms with Crippen LogP contribution in [0, 0.1) is 0 Å². The monoisotopic (exact) mass is 974 g/mol. The van der Waals surface area contributed by atoms with Crippen LogP contribution in [0.2, 0.25) is 0 Å². The van der Waals surface area contributed by atoms with Gasteiger partial charge in [-0.1, -0.05) is 141 Å². The van der Waals surface area contributed by atoms with Crippen molar-refractivity contribution in [2.45, 2.75) is 61.1 Å². The molecule has 22 heteroatoms. The lowest BCUT2D eigenvalue weighted by Crippen LogP contribution is -2.28. The van der Waals surface area contributed by atoms with Crippen LogP contribution in [-0.2, 0) is 36.4 Å². The molecule has 0 atom stereocenters. The van der Waals surface area contributed by atoms with Crippen molar-refractivity contribution in [3.63, 3.8) is 0 Å². The first kappa shape index (κ1) is 45.4. The third-order valence-electron chi connectivity index (χ3n) is 11.9. The molecule has 2 aliphatic rings. The van der Waals surface area contributed by atoms with Gasteiger partial charge in [-0.25, -0.2) is 46.9 Å². The molecule has 2 fully saturated rings. The Bertz CT molecular complexity index is 2900. The molecule has 0 N–H and O–H groups in total. The highest BCUT2D eigenvalue weighted by Crippen LogP contribution is 2.41. The average Bonchev–Trinajstić information content (AvgIpc) is 4.13. The maximum absolute atomic E-state index is 16.0. The molecule has 68 heavy (non-hydrogen) atoms. The number of hydrogen-bond acceptors (Lipinski definition) is 12. The summed E-state index contributed by atoms with van der Waals surface area (Å²) < 4.78 is 125. The van der Waals surface area contributed by atoms with Crippen molar-refractivity contribution in [3.05, 3.63) is 154 Å². The second-order valence-corrected chi connectivity index (χ2v) is 19.0. The van der Waals surface area contributed by atoms with E-state index in [1.807, 2.05) is 48.5 Å². The molecule has 0 amide bonds. The summed E-state index contributed by atoms with van der Waals surface area (Å²) in [5.74, 6) is -14.4. The number of alkyl halides is 8. The van der Waals surface area contributed by atoms with E-state index >= 15 is 17.6 Å². The van der Waals surface area contributed by atoms with Crippen molar-refractivity contribution in [2.75, 3.05) is 36.0 Å². The van der Waals surface area contributed by atoms with Crippen molar-refractivity contribution in [2.24, 2.45) is 0 Å². The van der Waals surface area contributed by atoms with E-state index in [2.05, 4.69) is 40.6 Å². The summed E-state index contributed by atoms with van der Waals surface area (Å²) in [5.41, 5.74) is 2.72. The van der Waals surface area contributed by atoms with Crippen molar-refractivity contribution in [1.82, 2.24) is 49.9 Å². The molecule has 2 aliphatic heterocycles. The van der Waals surface area contributed by atoms with E-state index < -0.39 is 61.3 Å². The molecule has 10 rings (SSSR count). The molecule has 0 aliphatic carbocycles. The molecule has 0 unspecified atom stereocenters. The molecule has 4 aromatic carbocycles. The summed E-state index contributed by atoms with van der Waals surface area (Å²) >= 11 is 0. The highest BCUT2D eigenvalue weighted by molar-refractivity contribution is 8.76. The number of aromatic nitrogens is 10. The SMILES string of the molecule is FC1(F)CCN(c2nc(C(F)(F)c3ccccc3)nc3c2nnn3Cc2ccccc2CSSCc2ccccc2Cn2nnc3c(N4CCC(F)(F)C4)nc(C(F)(F)c4ccccc4)nc32)C1. The molecule has 8 aromatic rings. The minimum absolute atomic E-state index is 0.0224. The summed E-state index contributed by atoms with van der Waals surface area (Å²) in [6.07, 6.45) is -0.930. The van der Waals surface area contributed by atoms with Gasteiger partial charge in [-0.05, 0) is 22.3 Å². The highest BCUT2D eigenvalue weighted by Gasteiger charge is 2.45. The number of rotatable bonds is 15. The largest absolute Gasteiger partial charge is 0.348 e. The Hall–Kier alpha value is -6.42. The van der Waals surface area contributed by atoms with Gasteiger partial charge < -0.3 is 9.80 Å². The van der Waals surface area contributed by atoms with Crippen LogP contribution in [0.4, 0.5) is 46.8 Å². The quantitative estimate of drug-likeness (QED) is 0.0553.